The Hall–Kier alpha value is -3.29. The molecule has 0 saturated heterocycles. The molecule has 1 aromatic carbocycles. The molecule has 1 aliphatic rings. The number of non-ortho nitro benzene ring substituents is 1. The smallest absolute Gasteiger partial charge is 0.272 e. The number of nitro groups is 1. The third kappa shape index (κ3) is 2.93. The van der Waals surface area contributed by atoms with Crippen LogP contribution in [0.2, 0.25) is 0 Å². The first kappa shape index (κ1) is 15.3. The summed E-state index contributed by atoms with van der Waals surface area (Å²) in [6.07, 6.45) is 5.31. The Morgan fingerprint density at radius 2 is 1.96 bits per heavy atom. The molecule has 0 unspecified atom stereocenters. The second kappa shape index (κ2) is 5.97. The predicted molar refractivity (Wildman–Crippen MR) is 90.2 cm³/mol. The lowest BCUT2D eigenvalue weighted by molar-refractivity contribution is -0.384. The van der Waals surface area contributed by atoms with E-state index in [0.29, 0.717) is 5.82 Å². The summed E-state index contributed by atoms with van der Waals surface area (Å²) in [7, 11) is 0. The molecule has 0 N–H and O–H groups in total. The van der Waals surface area contributed by atoms with Crippen LogP contribution in [0.5, 0.6) is 0 Å². The van der Waals surface area contributed by atoms with Crippen molar-refractivity contribution < 1.29 is 4.92 Å². The quantitative estimate of drug-likeness (QED) is 0.526. The Morgan fingerprint density at radius 3 is 2.56 bits per heavy atom. The summed E-state index contributed by atoms with van der Waals surface area (Å²) in [6.45, 7) is 0.268. The van der Waals surface area contributed by atoms with Gasteiger partial charge in [0, 0.05) is 36.1 Å². The minimum atomic E-state index is -0.446. The fraction of sp³-hybridized carbons (Fsp3) is 0.235. The zero-order valence-electron chi connectivity index (χ0n) is 13.3. The molecule has 0 radical (unpaired) electrons. The van der Waals surface area contributed by atoms with Crippen molar-refractivity contribution in [2.45, 2.75) is 25.4 Å². The fourth-order valence-corrected chi connectivity index (χ4v) is 2.77. The summed E-state index contributed by atoms with van der Waals surface area (Å²) in [5.74, 6) is 0.613. The van der Waals surface area contributed by atoms with Crippen LogP contribution in [0, 0.1) is 10.1 Å². The minimum absolute atomic E-state index is 0.0238. The summed E-state index contributed by atoms with van der Waals surface area (Å²) in [4.78, 5) is 27.2. The second-order valence-electron chi connectivity index (χ2n) is 6.03. The Bertz CT molecular complexity index is 972. The maximum atomic E-state index is 12.8. The lowest BCUT2D eigenvalue weighted by Gasteiger charge is -2.02. The highest BCUT2D eigenvalue weighted by atomic mass is 16.6. The standard InChI is InChI=1S/C17H15N5O3/c23-17-20(11-12-3-5-15(6-4-12)22(24)25)19-16(21(17)14-7-8-14)13-2-1-9-18-10-13/h1-6,9-10,14H,7-8,11H2. The van der Waals surface area contributed by atoms with Gasteiger partial charge >= 0.3 is 5.69 Å². The maximum Gasteiger partial charge on any atom is 0.346 e. The molecule has 1 saturated carbocycles. The number of pyridine rings is 1. The van der Waals surface area contributed by atoms with Crippen molar-refractivity contribution >= 4 is 5.69 Å². The maximum absolute atomic E-state index is 12.8. The van der Waals surface area contributed by atoms with E-state index < -0.39 is 4.92 Å². The molecule has 1 aliphatic carbocycles. The van der Waals surface area contributed by atoms with Crippen LogP contribution in [0.3, 0.4) is 0 Å². The molecular weight excluding hydrogens is 322 g/mol. The van der Waals surface area contributed by atoms with Gasteiger partial charge in [0.2, 0.25) is 0 Å². The molecule has 0 amide bonds. The molecule has 126 valence electrons. The van der Waals surface area contributed by atoms with Crippen molar-refractivity contribution in [3.8, 4) is 11.4 Å². The van der Waals surface area contributed by atoms with Crippen LogP contribution in [0.25, 0.3) is 11.4 Å². The highest BCUT2D eigenvalue weighted by Crippen LogP contribution is 2.36. The highest BCUT2D eigenvalue weighted by molar-refractivity contribution is 5.53. The van der Waals surface area contributed by atoms with Crippen LogP contribution in [0.4, 0.5) is 5.69 Å². The molecule has 0 bridgehead atoms. The van der Waals surface area contributed by atoms with Crippen LogP contribution in [0.1, 0.15) is 24.4 Å². The van der Waals surface area contributed by atoms with Crippen molar-refractivity contribution in [1.82, 2.24) is 19.3 Å². The number of hydrogen-bond donors (Lipinski definition) is 0. The topological polar surface area (TPSA) is 95.8 Å². The van der Waals surface area contributed by atoms with Crippen LogP contribution >= 0.6 is 0 Å². The summed E-state index contributed by atoms with van der Waals surface area (Å²) in [5.41, 5.74) is 1.44. The van der Waals surface area contributed by atoms with Gasteiger partial charge in [-0.05, 0) is 30.5 Å². The molecule has 1 fully saturated rings. The second-order valence-corrected chi connectivity index (χ2v) is 6.03. The number of nitrogens with zero attached hydrogens (tertiary/aromatic N) is 5. The van der Waals surface area contributed by atoms with Gasteiger partial charge in [-0.3, -0.25) is 19.7 Å². The van der Waals surface area contributed by atoms with Gasteiger partial charge in [-0.1, -0.05) is 12.1 Å². The summed E-state index contributed by atoms with van der Waals surface area (Å²) < 4.78 is 3.13. The first-order valence-electron chi connectivity index (χ1n) is 7.96. The zero-order chi connectivity index (χ0) is 17.4. The third-order valence-electron chi connectivity index (χ3n) is 4.18. The fourth-order valence-electron chi connectivity index (χ4n) is 2.77. The zero-order valence-corrected chi connectivity index (χ0v) is 13.3. The van der Waals surface area contributed by atoms with Crippen molar-refractivity contribution in [2.24, 2.45) is 0 Å². The van der Waals surface area contributed by atoms with E-state index in [-0.39, 0.29) is 24.0 Å². The van der Waals surface area contributed by atoms with E-state index in [0.717, 1.165) is 24.0 Å². The van der Waals surface area contributed by atoms with Crippen LogP contribution in [-0.2, 0) is 6.54 Å². The van der Waals surface area contributed by atoms with Crippen LogP contribution in [0.15, 0.2) is 53.6 Å². The highest BCUT2D eigenvalue weighted by Gasteiger charge is 2.30. The minimum Gasteiger partial charge on any atom is -0.272 e. The Kier molecular flexibility index (Phi) is 3.64. The van der Waals surface area contributed by atoms with Crippen LogP contribution < -0.4 is 5.69 Å². The lowest BCUT2D eigenvalue weighted by Crippen LogP contribution is -2.25. The SMILES string of the molecule is O=c1n(Cc2ccc([N+](=O)[O-])cc2)nc(-c2cccnc2)n1C1CC1. The van der Waals surface area contributed by atoms with E-state index in [1.165, 1.54) is 16.8 Å². The molecule has 4 rings (SSSR count). The molecule has 0 spiro atoms. The normalized spacial score (nSPS) is 13.8. The number of benzene rings is 1. The molecule has 2 aromatic heterocycles. The lowest BCUT2D eigenvalue weighted by atomic mass is 10.2. The third-order valence-corrected chi connectivity index (χ3v) is 4.18. The van der Waals surface area contributed by atoms with Crippen molar-refractivity contribution in [3.05, 3.63) is 75.0 Å². The van der Waals surface area contributed by atoms with E-state index in [9.17, 15) is 14.9 Å². The molecule has 8 heteroatoms. The number of hydrogen-bond acceptors (Lipinski definition) is 5. The summed E-state index contributed by atoms with van der Waals surface area (Å²) in [6, 6.07) is 10.0. The molecule has 0 aliphatic heterocycles. The van der Waals surface area contributed by atoms with Gasteiger partial charge in [0.1, 0.15) is 0 Å². The Morgan fingerprint density at radius 1 is 1.20 bits per heavy atom. The van der Waals surface area contributed by atoms with Gasteiger partial charge in [-0.2, -0.15) is 0 Å². The van der Waals surface area contributed by atoms with Gasteiger partial charge in [0.05, 0.1) is 11.5 Å². The molecule has 2 heterocycles. The van der Waals surface area contributed by atoms with Gasteiger partial charge < -0.3 is 0 Å². The van der Waals surface area contributed by atoms with Crippen molar-refractivity contribution in [3.63, 3.8) is 0 Å². The van der Waals surface area contributed by atoms with Crippen LogP contribution in [-0.4, -0.2) is 24.3 Å². The van der Waals surface area contributed by atoms with E-state index >= 15 is 0 Å². The molecule has 8 nitrogen and oxygen atoms in total. The molecule has 25 heavy (non-hydrogen) atoms. The van der Waals surface area contributed by atoms with Gasteiger partial charge in [-0.15, -0.1) is 5.10 Å². The van der Waals surface area contributed by atoms with E-state index in [4.69, 9.17) is 0 Å². The molecular formula is C17H15N5O3. The van der Waals surface area contributed by atoms with Gasteiger partial charge in [-0.25, -0.2) is 9.48 Å². The van der Waals surface area contributed by atoms with Crippen molar-refractivity contribution in [2.75, 3.05) is 0 Å². The average molecular weight is 337 g/mol. The summed E-state index contributed by atoms with van der Waals surface area (Å²) in [5, 5.41) is 15.2. The largest absolute Gasteiger partial charge is 0.346 e. The van der Waals surface area contributed by atoms with E-state index in [1.807, 2.05) is 12.1 Å². The number of aromatic nitrogens is 4. The predicted octanol–water partition coefficient (Wildman–Crippen LogP) is 2.40. The summed E-state index contributed by atoms with van der Waals surface area (Å²) >= 11 is 0. The van der Waals surface area contributed by atoms with E-state index in [1.54, 1.807) is 29.1 Å². The van der Waals surface area contributed by atoms with Gasteiger partial charge in [0.25, 0.3) is 5.69 Å². The molecule has 3 aromatic rings. The first-order chi connectivity index (χ1) is 12.1. The molecule has 0 atom stereocenters. The Labute approximate surface area is 142 Å². The average Bonchev–Trinajstić information content (AvgIpc) is 3.41. The number of rotatable bonds is 5. The monoisotopic (exact) mass is 337 g/mol. The van der Waals surface area contributed by atoms with E-state index in [2.05, 4.69) is 10.1 Å². The van der Waals surface area contributed by atoms with Crippen molar-refractivity contribution in [1.29, 1.82) is 0 Å². The Balaban J connectivity index is 1.71. The first-order valence-corrected chi connectivity index (χ1v) is 7.96. The number of nitro benzene ring substituents is 1. The van der Waals surface area contributed by atoms with Gasteiger partial charge in [0.15, 0.2) is 5.82 Å².